The van der Waals surface area contributed by atoms with E-state index in [-0.39, 0.29) is 11.8 Å². The Labute approximate surface area is 149 Å². The molecule has 2 heterocycles. The number of fused-ring (bicyclic) bond motifs is 1. The van der Waals surface area contributed by atoms with Gasteiger partial charge in [0, 0.05) is 19.4 Å². The zero-order chi connectivity index (χ0) is 17.4. The van der Waals surface area contributed by atoms with E-state index in [9.17, 15) is 9.59 Å². The van der Waals surface area contributed by atoms with Crippen molar-refractivity contribution in [2.24, 2.45) is 5.73 Å². The second kappa shape index (κ2) is 6.45. The minimum Gasteiger partial charge on any atom is -0.368 e. The Morgan fingerprint density at radius 1 is 0.960 bits per heavy atom. The highest BCUT2D eigenvalue weighted by Crippen LogP contribution is 2.39. The van der Waals surface area contributed by atoms with Gasteiger partial charge in [-0.1, -0.05) is 30.7 Å². The van der Waals surface area contributed by atoms with Gasteiger partial charge in [0.15, 0.2) is 0 Å². The van der Waals surface area contributed by atoms with Gasteiger partial charge in [0.1, 0.15) is 11.6 Å². The number of likely N-dealkylation sites (tertiary alicyclic amines) is 2. The van der Waals surface area contributed by atoms with Crippen LogP contribution in [-0.4, -0.2) is 52.8 Å². The predicted molar refractivity (Wildman–Crippen MR) is 95.9 cm³/mol. The Kier molecular flexibility index (Phi) is 4.28. The summed E-state index contributed by atoms with van der Waals surface area (Å²) in [5.74, 6) is -0.248. The van der Waals surface area contributed by atoms with E-state index in [4.69, 9.17) is 5.73 Å². The number of nitrogens with two attached hydrogens (primary N) is 1. The zero-order valence-corrected chi connectivity index (χ0v) is 14.7. The first kappa shape index (κ1) is 16.6. The molecule has 5 heteroatoms. The van der Waals surface area contributed by atoms with Gasteiger partial charge in [-0.2, -0.15) is 0 Å². The smallest absolute Gasteiger partial charge is 0.244 e. The number of primary amides is 1. The van der Waals surface area contributed by atoms with Crippen molar-refractivity contribution in [2.45, 2.75) is 56.5 Å². The van der Waals surface area contributed by atoms with Crippen LogP contribution in [0.4, 0.5) is 0 Å². The summed E-state index contributed by atoms with van der Waals surface area (Å²) in [6.45, 7) is 2.59. The largest absolute Gasteiger partial charge is 0.368 e. The molecule has 0 bridgehead atoms. The van der Waals surface area contributed by atoms with Gasteiger partial charge in [0.2, 0.25) is 11.8 Å². The third-order valence-corrected chi connectivity index (χ3v) is 6.29. The van der Waals surface area contributed by atoms with Gasteiger partial charge in [-0.25, -0.2) is 0 Å². The average molecular weight is 341 g/mol. The highest BCUT2D eigenvalue weighted by molar-refractivity contribution is 5.93. The normalized spacial score (nSPS) is 25.8. The lowest BCUT2D eigenvalue weighted by Crippen LogP contribution is -2.63. The summed E-state index contributed by atoms with van der Waals surface area (Å²) in [6, 6.07) is 7.96. The summed E-state index contributed by atoms with van der Waals surface area (Å²) in [4.78, 5) is 29.8. The van der Waals surface area contributed by atoms with Gasteiger partial charge in [-0.15, -0.1) is 0 Å². The molecule has 0 spiro atoms. The van der Waals surface area contributed by atoms with E-state index in [1.165, 1.54) is 17.5 Å². The summed E-state index contributed by atoms with van der Waals surface area (Å²) in [5.41, 5.74) is 7.61. The fourth-order valence-electron chi connectivity index (χ4n) is 5.00. The minimum atomic E-state index is -0.526. The number of hydrogen-bond donors (Lipinski definition) is 1. The van der Waals surface area contributed by atoms with Crippen molar-refractivity contribution in [3.8, 4) is 0 Å². The number of rotatable bonds is 3. The topological polar surface area (TPSA) is 66.6 Å². The number of carbonyl (C=O) groups excluding carboxylic acids is 2. The first-order chi connectivity index (χ1) is 12.1. The number of amides is 2. The van der Waals surface area contributed by atoms with Crippen molar-refractivity contribution >= 4 is 11.8 Å². The summed E-state index contributed by atoms with van der Waals surface area (Å²) in [7, 11) is 0. The van der Waals surface area contributed by atoms with Crippen molar-refractivity contribution in [1.82, 2.24) is 9.80 Å². The van der Waals surface area contributed by atoms with E-state index >= 15 is 0 Å². The van der Waals surface area contributed by atoms with E-state index in [1.54, 1.807) is 4.90 Å². The predicted octanol–water partition coefficient (Wildman–Crippen LogP) is 1.49. The molecule has 2 aliphatic heterocycles. The Morgan fingerprint density at radius 2 is 1.60 bits per heavy atom. The molecule has 134 valence electrons. The van der Waals surface area contributed by atoms with Crippen LogP contribution < -0.4 is 5.73 Å². The molecular formula is C20H27N3O2. The third kappa shape index (κ3) is 2.74. The molecule has 0 radical (unpaired) electrons. The molecule has 0 aromatic heterocycles. The zero-order valence-electron chi connectivity index (χ0n) is 14.7. The van der Waals surface area contributed by atoms with Gasteiger partial charge in [-0.3, -0.25) is 14.5 Å². The summed E-state index contributed by atoms with van der Waals surface area (Å²) in [5, 5.41) is 0. The molecule has 2 fully saturated rings. The highest BCUT2D eigenvalue weighted by Gasteiger charge is 2.52. The Balaban J connectivity index is 1.69. The number of piperidine rings is 1. The van der Waals surface area contributed by atoms with Gasteiger partial charge in [0.25, 0.3) is 0 Å². The maximum atomic E-state index is 13.7. The monoisotopic (exact) mass is 341 g/mol. The summed E-state index contributed by atoms with van der Waals surface area (Å²) < 4.78 is 0. The van der Waals surface area contributed by atoms with Crippen LogP contribution in [0.25, 0.3) is 0 Å². The van der Waals surface area contributed by atoms with E-state index in [0.717, 1.165) is 45.2 Å². The molecule has 0 unspecified atom stereocenters. The number of nitrogens with zero attached hydrogens (tertiary/aromatic N) is 2. The van der Waals surface area contributed by atoms with Crippen molar-refractivity contribution in [3.63, 3.8) is 0 Å². The Bertz CT molecular complexity index is 656. The molecule has 1 aliphatic carbocycles. The number of benzene rings is 1. The molecule has 2 saturated heterocycles. The number of carbonyl (C=O) groups is 2. The Hall–Kier alpha value is -1.88. The van der Waals surface area contributed by atoms with Crippen LogP contribution in [0.5, 0.6) is 0 Å². The molecule has 25 heavy (non-hydrogen) atoms. The van der Waals surface area contributed by atoms with Gasteiger partial charge in [-0.05, 0) is 49.9 Å². The molecule has 2 N–H and O–H groups in total. The second-order valence-electron chi connectivity index (χ2n) is 7.76. The van der Waals surface area contributed by atoms with Crippen LogP contribution in [0.3, 0.4) is 0 Å². The molecule has 5 nitrogen and oxygen atoms in total. The molecular weight excluding hydrogens is 314 g/mol. The van der Waals surface area contributed by atoms with E-state index in [1.807, 2.05) is 0 Å². The quantitative estimate of drug-likeness (QED) is 0.906. The highest BCUT2D eigenvalue weighted by atomic mass is 16.2. The van der Waals surface area contributed by atoms with Gasteiger partial charge < -0.3 is 10.6 Å². The third-order valence-electron chi connectivity index (χ3n) is 6.29. The van der Waals surface area contributed by atoms with Crippen LogP contribution in [0, 0.1) is 0 Å². The van der Waals surface area contributed by atoms with Gasteiger partial charge in [0.05, 0.1) is 0 Å². The lowest BCUT2D eigenvalue weighted by Gasteiger charge is -2.44. The SMILES string of the molecule is NC(=O)[C@@H]1CCCN1C(=O)C1(N2CCCCC2)Cc2ccccc2C1. The van der Waals surface area contributed by atoms with E-state index in [0.29, 0.717) is 13.0 Å². The van der Waals surface area contributed by atoms with Crippen molar-refractivity contribution in [1.29, 1.82) is 0 Å². The van der Waals surface area contributed by atoms with Crippen molar-refractivity contribution < 1.29 is 9.59 Å². The lowest BCUT2D eigenvalue weighted by molar-refractivity contribution is -0.149. The first-order valence-electron chi connectivity index (χ1n) is 9.54. The standard InChI is InChI=1S/C20H27N3O2/c21-18(24)17-9-6-12-23(17)19(25)20(22-10-4-1-5-11-22)13-15-7-2-3-8-16(15)14-20/h2-3,7-8,17H,1,4-6,9-14H2,(H2,21,24)/t17-/m0/s1. The van der Waals surface area contributed by atoms with Crippen LogP contribution in [0.1, 0.15) is 43.2 Å². The Morgan fingerprint density at radius 3 is 2.20 bits per heavy atom. The van der Waals surface area contributed by atoms with Crippen LogP contribution in [0.15, 0.2) is 24.3 Å². The molecule has 3 aliphatic rings. The van der Waals surface area contributed by atoms with Gasteiger partial charge >= 0.3 is 0 Å². The maximum Gasteiger partial charge on any atom is 0.244 e. The molecule has 1 aromatic rings. The fourth-order valence-corrected chi connectivity index (χ4v) is 5.00. The van der Waals surface area contributed by atoms with Crippen molar-refractivity contribution in [2.75, 3.05) is 19.6 Å². The molecule has 4 rings (SSSR count). The first-order valence-corrected chi connectivity index (χ1v) is 9.54. The van der Waals surface area contributed by atoms with Crippen molar-refractivity contribution in [3.05, 3.63) is 35.4 Å². The molecule has 0 saturated carbocycles. The van der Waals surface area contributed by atoms with E-state index < -0.39 is 11.6 Å². The summed E-state index contributed by atoms with van der Waals surface area (Å²) in [6.07, 6.45) is 6.59. The molecule has 1 atom stereocenters. The maximum absolute atomic E-state index is 13.7. The molecule has 2 amide bonds. The number of hydrogen-bond acceptors (Lipinski definition) is 3. The fraction of sp³-hybridized carbons (Fsp3) is 0.600. The lowest BCUT2D eigenvalue weighted by atomic mass is 9.88. The van der Waals surface area contributed by atoms with Crippen LogP contribution >= 0.6 is 0 Å². The minimum absolute atomic E-state index is 0.118. The van der Waals surface area contributed by atoms with Crippen LogP contribution in [-0.2, 0) is 22.4 Å². The van der Waals surface area contributed by atoms with E-state index in [2.05, 4.69) is 29.2 Å². The summed E-state index contributed by atoms with van der Waals surface area (Å²) >= 11 is 0. The molecule has 1 aromatic carbocycles. The second-order valence-corrected chi connectivity index (χ2v) is 7.76. The average Bonchev–Trinajstić information content (AvgIpc) is 3.27. The van der Waals surface area contributed by atoms with Crippen LogP contribution in [0.2, 0.25) is 0 Å².